The van der Waals surface area contributed by atoms with Gasteiger partial charge < -0.3 is 4.90 Å². The summed E-state index contributed by atoms with van der Waals surface area (Å²) < 4.78 is 0. The first-order chi connectivity index (χ1) is 13.2. The Morgan fingerprint density at radius 1 is 1.11 bits per heavy atom. The van der Waals surface area contributed by atoms with Crippen LogP contribution in [-0.2, 0) is 4.79 Å². The van der Waals surface area contributed by atoms with Gasteiger partial charge in [-0.2, -0.15) is 0 Å². The minimum absolute atomic E-state index is 0.0389. The molecule has 2 heterocycles. The Kier molecular flexibility index (Phi) is 4.73. The number of aromatic nitrogens is 2. The monoisotopic (exact) mass is 361 g/mol. The van der Waals surface area contributed by atoms with Crippen molar-refractivity contribution in [3.8, 4) is 11.3 Å². The molecule has 138 valence electrons. The van der Waals surface area contributed by atoms with Crippen LogP contribution in [0.3, 0.4) is 0 Å². The van der Waals surface area contributed by atoms with Crippen molar-refractivity contribution in [3.05, 3.63) is 54.1 Å². The quantitative estimate of drug-likeness (QED) is 0.426. The Hall–Kier alpha value is -2.99. The largest absolute Gasteiger partial charge is 0.341 e. The van der Waals surface area contributed by atoms with E-state index in [-0.39, 0.29) is 11.8 Å². The van der Waals surface area contributed by atoms with E-state index in [1.54, 1.807) is 0 Å². The number of hydrazine groups is 1. The predicted octanol–water partition coefficient (Wildman–Crippen LogP) is 2.81. The van der Waals surface area contributed by atoms with Gasteiger partial charge in [0.2, 0.25) is 11.9 Å². The second-order valence-corrected chi connectivity index (χ2v) is 7.03. The third-order valence-corrected chi connectivity index (χ3v) is 5.18. The molecular formula is C21H23N5O. The average molecular weight is 361 g/mol. The van der Waals surface area contributed by atoms with Crippen molar-refractivity contribution in [2.75, 3.05) is 18.0 Å². The van der Waals surface area contributed by atoms with Crippen LogP contribution >= 0.6 is 0 Å². The van der Waals surface area contributed by atoms with Crippen LogP contribution in [0.2, 0.25) is 0 Å². The zero-order valence-electron chi connectivity index (χ0n) is 15.4. The molecule has 4 rings (SSSR count). The fraction of sp³-hybridized carbons (Fsp3) is 0.286. The third kappa shape index (κ3) is 3.48. The van der Waals surface area contributed by atoms with E-state index in [4.69, 9.17) is 15.8 Å². The van der Waals surface area contributed by atoms with Crippen molar-refractivity contribution in [3.63, 3.8) is 0 Å². The lowest BCUT2D eigenvalue weighted by molar-refractivity contribution is -0.125. The number of nitrogens with two attached hydrogens (primary N) is 1. The summed E-state index contributed by atoms with van der Waals surface area (Å²) in [5.74, 6) is 5.86. The Morgan fingerprint density at radius 2 is 1.85 bits per heavy atom. The van der Waals surface area contributed by atoms with Gasteiger partial charge in [-0.25, -0.2) is 15.8 Å². The van der Waals surface area contributed by atoms with Crippen molar-refractivity contribution in [2.24, 2.45) is 11.8 Å². The van der Waals surface area contributed by atoms with E-state index in [0.717, 1.165) is 54.0 Å². The van der Waals surface area contributed by atoms with E-state index >= 15 is 0 Å². The number of hydrogen-bond donors (Lipinski definition) is 2. The lowest BCUT2D eigenvalue weighted by atomic mass is 9.96. The van der Waals surface area contributed by atoms with E-state index in [2.05, 4.69) is 47.6 Å². The number of fused-ring (bicyclic) bond motifs is 1. The van der Waals surface area contributed by atoms with Gasteiger partial charge in [0.05, 0.1) is 11.2 Å². The zero-order valence-corrected chi connectivity index (χ0v) is 15.4. The van der Waals surface area contributed by atoms with Gasteiger partial charge in [-0.15, -0.1) is 0 Å². The van der Waals surface area contributed by atoms with E-state index in [9.17, 15) is 4.79 Å². The second kappa shape index (κ2) is 7.32. The maximum absolute atomic E-state index is 11.8. The molecule has 27 heavy (non-hydrogen) atoms. The summed E-state index contributed by atoms with van der Waals surface area (Å²) in [7, 11) is 0. The fourth-order valence-electron chi connectivity index (χ4n) is 3.65. The highest BCUT2D eigenvalue weighted by Gasteiger charge is 2.26. The molecule has 1 aromatic heterocycles. The van der Waals surface area contributed by atoms with Gasteiger partial charge in [0.15, 0.2) is 0 Å². The molecule has 6 heteroatoms. The average Bonchev–Trinajstić information content (AvgIpc) is 2.73. The van der Waals surface area contributed by atoms with Crippen LogP contribution in [0.1, 0.15) is 18.4 Å². The molecule has 1 fully saturated rings. The highest BCUT2D eigenvalue weighted by Crippen LogP contribution is 2.30. The predicted molar refractivity (Wildman–Crippen MR) is 107 cm³/mol. The summed E-state index contributed by atoms with van der Waals surface area (Å²) in [6.07, 6.45) is 1.50. The maximum Gasteiger partial charge on any atom is 0.237 e. The minimum atomic E-state index is -0.0884. The Morgan fingerprint density at radius 3 is 2.56 bits per heavy atom. The lowest BCUT2D eigenvalue weighted by Crippen LogP contribution is -2.43. The van der Waals surface area contributed by atoms with Crippen LogP contribution in [0.4, 0.5) is 5.95 Å². The molecule has 6 nitrogen and oxygen atoms in total. The molecule has 3 aromatic rings. The number of carbonyl (C=O) groups excluding carboxylic acids is 1. The molecule has 0 bridgehead atoms. The second-order valence-electron chi connectivity index (χ2n) is 7.03. The molecule has 0 saturated carbocycles. The molecule has 0 aliphatic carbocycles. The van der Waals surface area contributed by atoms with Crippen molar-refractivity contribution in [1.29, 1.82) is 0 Å². The summed E-state index contributed by atoms with van der Waals surface area (Å²) in [6.45, 7) is 3.56. The lowest BCUT2D eigenvalue weighted by Gasteiger charge is -2.31. The number of amides is 1. The van der Waals surface area contributed by atoms with E-state index < -0.39 is 0 Å². The van der Waals surface area contributed by atoms with Gasteiger partial charge in [-0.3, -0.25) is 10.2 Å². The van der Waals surface area contributed by atoms with Crippen LogP contribution < -0.4 is 16.2 Å². The first kappa shape index (κ1) is 17.4. The van der Waals surface area contributed by atoms with Crippen molar-refractivity contribution >= 4 is 22.8 Å². The normalized spacial score (nSPS) is 15.1. The Balaban J connectivity index is 1.73. The van der Waals surface area contributed by atoms with Gasteiger partial charge in [0, 0.05) is 30.0 Å². The standard InChI is InChI=1S/C21H23N5O/c1-14-7-8-18-17(13-14)19(15-5-3-2-4-6-15)24-21(23-18)26-11-9-16(10-12-26)20(27)25-22/h2-8,13,16H,9-12,22H2,1H3,(H,25,27). The SMILES string of the molecule is Cc1ccc2nc(N3CCC(C(=O)NN)CC3)nc(-c3ccccc3)c2c1. The highest BCUT2D eigenvalue weighted by atomic mass is 16.2. The van der Waals surface area contributed by atoms with Gasteiger partial charge in [0.1, 0.15) is 0 Å². The fourth-order valence-corrected chi connectivity index (χ4v) is 3.65. The number of benzene rings is 2. The van der Waals surface area contributed by atoms with Gasteiger partial charge >= 0.3 is 0 Å². The van der Waals surface area contributed by atoms with Gasteiger partial charge in [-0.05, 0) is 31.9 Å². The van der Waals surface area contributed by atoms with Crippen LogP contribution in [0.5, 0.6) is 0 Å². The molecule has 1 aliphatic heterocycles. The number of nitrogens with zero attached hydrogens (tertiary/aromatic N) is 3. The van der Waals surface area contributed by atoms with Crippen LogP contribution in [0.15, 0.2) is 48.5 Å². The Bertz CT molecular complexity index is 965. The molecule has 3 N–H and O–H groups in total. The van der Waals surface area contributed by atoms with Crippen molar-refractivity contribution in [1.82, 2.24) is 15.4 Å². The number of aryl methyl sites for hydroxylation is 1. The first-order valence-electron chi connectivity index (χ1n) is 9.25. The molecule has 0 spiro atoms. The topological polar surface area (TPSA) is 84.1 Å². The smallest absolute Gasteiger partial charge is 0.237 e. The molecule has 2 aromatic carbocycles. The van der Waals surface area contributed by atoms with Gasteiger partial charge in [-0.1, -0.05) is 42.0 Å². The van der Waals surface area contributed by atoms with E-state index in [1.165, 1.54) is 5.56 Å². The summed E-state index contributed by atoms with van der Waals surface area (Å²) in [4.78, 5) is 23.7. The van der Waals surface area contributed by atoms with Crippen molar-refractivity contribution in [2.45, 2.75) is 19.8 Å². The molecule has 1 saturated heterocycles. The number of rotatable bonds is 3. The summed E-state index contributed by atoms with van der Waals surface area (Å²) in [5, 5.41) is 1.06. The number of piperidine rings is 1. The number of nitrogens with one attached hydrogen (secondary N) is 1. The Labute approximate surface area is 158 Å². The van der Waals surface area contributed by atoms with E-state index in [0.29, 0.717) is 0 Å². The number of carbonyl (C=O) groups is 1. The summed E-state index contributed by atoms with van der Waals surface area (Å²) >= 11 is 0. The van der Waals surface area contributed by atoms with E-state index in [1.807, 2.05) is 18.2 Å². The number of anilines is 1. The molecule has 0 unspecified atom stereocenters. The summed E-state index contributed by atoms with van der Waals surface area (Å²) in [6, 6.07) is 16.5. The minimum Gasteiger partial charge on any atom is -0.341 e. The molecule has 0 atom stereocenters. The zero-order chi connectivity index (χ0) is 18.8. The molecule has 1 aliphatic rings. The summed E-state index contributed by atoms with van der Waals surface area (Å²) in [5.41, 5.74) is 6.41. The van der Waals surface area contributed by atoms with Crippen LogP contribution in [0, 0.1) is 12.8 Å². The molecule has 1 amide bonds. The highest BCUT2D eigenvalue weighted by molar-refractivity contribution is 5.93. The van der Waals surface area contributed by atoms with Crippen molar-refractivity contribution < 1.29 is 4.79 Å². The van der Waals surface area contributed by atoms with Crippen LogP contribution in [-0.4, -0.2) is 29.0 Å². The first-order valence-corrected chi connectivity index (χ1v) is 9.25. The maximum atomic E-state index is 11.8. The molecular weight excluding hydrogens is 338 g/mol. The number of hydrogen-bond acceptors (Lipinski definition) is 5. The molecule has 0 radical (unpaired) electrons. The van der Waals surface area contributed by atoms with Gasteiger partial charge in [0.25, 0.3) is 0 Å². The third-order valence-electron chi connectivity index (χ3n) is 5.18. The van der Waals surface area contributed by atoms with Crippen LogP contribution in [0.25, 0.3) is 22.2 Å².